The SMILES string of the molecule is Cc1c(C(F)(F)F)nc2ccc(I)cc2c1NN. The summed E-state index contributed by atoms with van der Waals surface area (Å²) >= 11 is 2.08. The molecule has 0 aliphatic rings. The van der Waals surface area contributed by atoms with Crippen LogP contribution in [0.25, 0.3) is 10.9 Å². The van der Waals surface area contributed by atoms with E-state index in [1.54, 1.807) is 18.2 Å². The Balaban J connectivity index is 2.87. The zero-order valence-corrected chi connectivity index (χ0v) is 11.4. The lowest BCUT2D eigenvalue weighted by atomic mass is 10.1. The first-order valence-electron chi connectivity index (χ1n) is 4.98. The van der Waals surface area contributed by atoms with Gasteiger partial charge in [0, 0.05) is 14.5 Å². The number of nitrogens with two attached hydrogens (primary N) is 1. The smallest absolute Gasteiger partial charge is 0.323 e. The molecule has 1 aromatic carbocycles. The average molecular weight is 367 g/mol. The van der Waals surface area contributed by atoms with Crippen molar-refractivity contribution < 1.29 is 13.2 Å². The third-order valence-electron chi connectivity index (χ3n) is 2.60. The van der Waals surface area contributed by atoms with Crippen molar-refractivity contribution in [2.45, 2.75) is 13.1 Å². The molecule has 0 amide bonds. The minimum Gasteiger partial charge on any atom is -0.323 e. The minimum absolute atomic E-state index is 0.000463. The second-order valence-electron chi connectivity index (χ2n) is 3.76. The molecule has 0 aliphatic heterocycles. The monoisotopic (exact) mass is 367 g/mol. The van der Waals surface area contributed by atoms with Crippen LogP contribution in [-0.2, 0) is 6.18 Å². The Morgan fingerprint density at radius 3 is 2.56 bits per heavy atom. The van der Waals surface area contributed by atoms with Crippen molar-refractivity contribution >= 4 is 39.2 Å². The van der Waals surface area contributed by atoms with Gasteiger partial charge < -0.3 is 5.43 Å². The summed E-state index contributed by atoms with van der Waals surface area (Å²) in [5, 5.41) is 0.579. The molecule has 3 nitrogen and oxygen atoms in total. The van der Waals surface area contributed by atoms with Gasteiger partial charge in [-0.3, -0.25) is 5.84 Å². The van der Waals surface area contributed by atoms with Gasteiger partial charge in [0.05, 0.1) is 11.2 Å². The first-order chi connectivity index (χ1) is 8.34. The highest BCUT2D eigenvalue weighted by molar-refractivity contribution is 14.1. The molecule has 0 fully saturated rings. The Labute approximate surface area is 115 Å². The normalized spacial score (nSPS) is 11.9. The summed E-state index contributed by atoms with van der Waals surface area (Å²) in [6.45, 7) is 1.35. The summed E-state index contributed by atoms with van der Waals surface area (Å²) in [5.41, 5.74) is 1.94. The van der Waals surface area contributed by atoms with Crippen LogP contribution in [-0.4, -0.2) is 4.98 Å². The third kappa shape index (κ3) is 2.24. The van der Waals surface area contributed by atoms with E-state index < -0.39 is 11.9 Å². The fourth-order valence-corrected chi connectivity index (χ4v) is 2.28. The van der Waals surface area contributed by atoms with Gasteiger partial charge in [0.2, 0.25) is 0 Å². The lowest BCUT2D eigenvalue weighted by Crippen LogP contribution is -2.16. The number of hydrogen-bond donors (Lipinski definition) is 2. The number of nitrogens with one attached hydrogen (secondary N) is 1. The lowest BCUT2D eigenvalue weighted by molar-refractivity contribution is -0.141. The molecular weight excluding hydrogens is 358 g/mol. The van der Waals surface area contributed by atoms with E-state index in [4.69, 9.17) is 5.84 Å². The molecular formula is C11H9F3IN3. The van der Waals surface area contributed by atoms with Crippen LogP contribution in [0.15, 0.2) is 18.2 Å². The molecule has 1 heterocycles. The van der Waals surface area contributed by atoms with Crippen molar-refractivity contribution in [2.24, 2.45) is 5.84 Å². The van der Waals surface area contributed by atoms with Crippen molar-refractivity contribution in [3.8, 4) is 0 Å². The number of hydrogen-bond acceptors (Lipinski definition) is 3. The largest absolute Gasteiger partial charge is 0.433 e. The summed E-state index contributed by atoms with van der Waals surface area (Å²) in [7, 11) is 0. The van der Waals surface area contributed by atoms with Gasteiger partial charge >= 0.3 is 6.18 Å². The van der Waals surface area contributed by atoms with E-state index in [0.29, 0.717) is 5.39 Å². The molecule has 2 aromatic rings. The minimum atomic E-state index is -4.49. The van der Waals surface area contributed by atoms with Gasteiger partial charge in [0.25, 0.3) is 0 Å². The number of aromatic nitrogens is 1. The first-order valence-corrected chi connectivity index (χ1v) is 6.06. The van der Waals surface area contributed by atoms with Crippen LogP contribution in [0.4, 0.5) is 18.9 Å². The van der Waals surface area contributed by atoms with Crippen LogP contribution < -0.4 is 11.3 Å². The van der Waals surface area contributed by atoms with E-state index >= 15 is 0 Å². The highest BCUT2D eigenvalue weighted by Crippen LogP contribution is 2.36. The number of nitrogen functional groups attached to an aromatic ring is 1. The van der Waals surface area contributed by atoms with Gasteiger partial charge in [-0.15, -0.1) is 0 Å². The number of rotatable bonds is 1. The summed E-state index contributed by atoms with van der Waals surface area (Å²) in [4.78, 5) is 3.67. The molecule has 18 heavy (non-hydrogen) atoms. The molecule has 0 saturated carbocycles. The number of benzene rings is 1. The fourth-order valence-electron chi connectivity index (χ4n) is 1.79. The maximum Gasteiger partial charge on any atom is 0.433 e. The van der Waals surface area contributed by atoms with Crippen LogP contribution in [0, 0.1) is 10.5 Å². The highest BCUT2D eigenvalue weighted by atomic mass is 127. The Hall–Kier alpha value is -1.09. The maximum atomic E-state index is 12.8. The number of nitrogens with zero attached hydrogens (tertiary/aromatic N) is 1. The van der Waals surface area contributed by atoms with Crippen molar-refractivity contribution in [3.63, 3.8) is 0 Å². The standard InChI is InChI=1S/C11H9F3IN3/c1-5-9(18-16)7-4-6(15)2-3-8(7)17-10(5)11(12,13)14/h2-4H,16H2,1H3,(H,17,18). The third-order valence-corrected chi connectivity index (χ3v) is 3.27. The Morgan fingerprint density at radius 2 is 2.00 bits per heavy atom. The maximum absolute atomic E-state index is 12.8. The second kappa shape index (κ2) is 4.54. The molecule has 96 valence electrons. The highest BCUT2D eigenvalue weighted by Gasteiger charge is 2.36. The molecule has 0 spiro atoms. The van der Waals surface area contributed by atoms with Crippen molar-refractivity contribution in [1.82, 2.24) is 4.98 Å². The average Bonchev–Trinajstić information content (AvgIpc) is 2.26. The molecule has 2 rings (SSSR count). The topological polar surface area (TPSA) is 50.9 Å². The molecule has 0 saturated heterocycles. The second-order valence-corrected chi connectivity index (χ2v) is 5.01. The summed E-state index contributed by atoms with van der Waals surface area (Å²) < 4.78 is 39.4. The van der Waals surface area contributed by atoms with Gasteiger partial charge in [-0.1, -0.05) is 0 Å². The number of anilines is 1. The van der Waals surface area contributed by atoms with E-state index in [9.17, 15) is 13.2 Å². The molecule has 0 atom stereocenters. The van der Waals surface area contributed by atoms with Crippen LogP contribution in [0.3, 0.4) is 0 Å². The van der Waals surface area contributed by atoms with Gasteiger partial charge in [-0.05, 0) is 47.7 Å². The molecule has 3 N–H and O–H groups in total. The summed E-state index contributed by atoms with van der Waals surface area (Å²) in [5.74, 6) is 5.33. The molecule has 0 unspecified atom stereocenters. The number of pyridine rings is 1. The van der Waals surface area contributed by atoms with Crippen LogP contribution in [0.2, 0.25) is 0 Å². The predicted molar refractivity (Wildman–Crippen MR) is 72.0 cm³/mol. The van der Waals surface area contributed by atoms with Crippen molar-refractivity contribution in [3.05, 3.63) is 33.0 Å². The van der Waals surface area contributed by atoms with Crippen molar-refractivity contribution in [1.29, 1.82) is 0 Å². The molecule has 0 bridgehead atoms. The summed E-state index contributed by atoms with van der Waals surface area (Å²) in [6, 6.07) is 4.99. The number of fused-ring (bicyclic) bond motifs is 1. The zero-order valence-electron chi connectivity index (χ0n) is 9.27. The lowest BCUT2D eigenvalue weighted by Gasteiger charge is -2.15. The first kappa shape index (κ1) is 13.3. The van der Waals surface area contributed by atoms with E-state index in [-0.39, 0.29) is 16.8 Å². The number of hydrazine groups is 1. The van der Waals surface area contributed by atoms with E-state index in [1.165, 1.54) is 6.92 Å². The zero-order chi connectivity index (χ0) is 13.5. The van der Waals surface area contributed by atoms with Gasteiger partial charge in [0.1, 0.15) is 5.69 Å². The van der Waals surface area contributed by atoms with Crippen LogP contribution in [0.1, 0.15) is 11.3 Å². The van der Waals surface area contributed by atoms with Gasteiger partial charge in [-0.2, -0.15) is 13.2 Å². The van der Waals surface area contributed by atoms with E-state index in [0.717, 1.165) is 3.57 Å². The predicted octanol–water partition coefficient (Wildman–Crippen LogP) is 3.45. The van der Waals surface area contributed by atoms with Gasteiger partial charge in [-0.25, -0.2) is 4.98 Å². The van der Waals surface area contributed by atoms with Gasteiger partial charge in [0.15, 0.2) is 0 Å². The Kier molecular flexibility index (Phi) is 3.37. The van der Waals surface area contributed by atoms with E-state index in [2.05, 4.69) is 33.0 Å². The molecule has 0 aliphatic carbocycles. The number of halogens is 4. The molecule has 0 radical (unpaired) electrons. The Morgan fingerprint density at radius 1 is 1.33 bits per heavy atom. The molecule has 1 aromatic heterocycles. The quantitative estimate of drug-likeness (QED) is 0.461. The summed E-state index contributed by atoms with van der Waals surface area (Å²) in [6.07, 6.45) is -4.49. The van der Waals surface area contributed by atoms with Crippen molar-refractivity contribution in [2.75, 3.05) is 5.43 Å². The van der Waals surface area contributed by atoms with Crippen LogP contribution in [0.5, 0.6) is 0 Å². The fraction of sp³-hybridized carbons (Fsp3) is 0.182. The van der Waals surface area contributed by atoms with Crippen LogP contribution >= 0.6 is 22.6 Å². The number of alkyl halides is 3. The Bertz CT molecular complexity index is 610. The molecule has 7 heteroatoms. The van der Waals surface area contributed by atoms with E-state index in [1.807, 2.05) is 0 Å².